The first kappa shape index (κ1) is 15.5. The predicted molar refractivity (Wildman–Crippen MR) is 87.3 cm³/mol. The third-order valence-electron chi connectivity index (χ3n) is 3.42. The minimum Gasteiger partial charge on any atom is -0.236 e. The van der Waals surface area contributed by atoms with Gasteiger partial charge in [-0.3, -0.25) is 0 Å². The van der Waals surface area contributed by atoms with Gasteiger partial charge < -0.3 is 0 Å². The average molecular weight is 354 g/mol. The van der Waals surface area contributed by atoms with Gasteiger partial charge in [0.25, 0.3) is 0 Å². The van der Waals surface area contributed by atoms with Gasteiger partial charge in [0.15, 0.2) is 0 Å². The minimum atomic E-state index is -0.270. The van der Waals surface area contributed by atoms with Crippen LogP contribution in [0.1, 0.15) is 44.3 Å². The summed E-state index contributed by atoms with van der Waals surface area (Å²) in [6, 6.07) is 10.3. The summed E-state index contributed by atoms with van der Waals surface area (Å²) in [7, 11) is 0. The van der Waals surface area contributed by atoms with E-state index in [4.69, 9.17) is 16.6 Å². The topological polar surface area (TPSA) is 25.8 Å². The zero-order valence-corrected chi connectivity index (χ0v) is 14.3. The van der Waals surface area contributed by atoms with Gasteiger partial charge >= 0.3 is 0 Å². The van der Waals surface area contributed by atoms with Gasteiger partial charge in [0.1, 0.15) is 11.0 Å². The lowest BCUT2D eigenvalue weighted by atomic mass is 9.83. The van der Waals surface area contributed by atoms with E-state index in [0.29, 0.717) is 5.15 Å². The van der Waals surface area contributed by atoms with E-state index in [1.54, 1.807) is 0 Å². The second kappa shape index (κ2) is 6.23. The summed E-state index contributed by atoms with van der Waals surface area (Å²) < 4.78 is 0.814. The van der Waals surface area contributed by atoms with Gasteiger partial charge in [-0.1, -0.05) is 55.3 Å². The number of rotatable bonds is 4. The summed E-state index contributed by atoms with van der Waals surface area (Å²) in [5.41, 5.74) is 1.89. The molecule has 1 heterocycles. The van der Waals surface area contributed by atoms with E-state index in [1.807, 2.05) is 18.2 Å². The molecule has 0 spiro atoms. The third-order valence-corrected chi connectivity index (χ3v) is 4.76. The zero-order chi connectivity index (χ0) is 14.8. The van der Waals surface area contributed by atoms with Crippen molar-refractivity contribution < 1.29 is 0 Å². The van der Waals surface area contributed by atoms with Crippen molar-refractivity contribution in [1.82, 2.24) is 9.97 Å². The fourth-order valence-electron chi connectivity index (χ4n) is 2.13. The summed E-state index contributed by atoms with van der Waals surface area (Å²) in [6.07, 6.45) is 1.91. The van der Waals surface area contributed by atoms with Gasteiger partial charge in [-0.25, -0.2) is 9.97 Å². The molecule has 0 atom stereocenters. The first-order chi connectivity index (χ1) is 9.46. The second-order valence-electron chi connectivity index (χ2n) is 5.34. The number of nitrogens with zero attached hydrogens (tertiary/aromatic N) is 2. The smallest absolute Gasteiger partial charge is 0.147 e. The van der Waals surface area contributed by atoms with Crippen LogP contribution < -0.4 is 0 Å². The third kappa shape index (κ3) is 3.04. The standard InChI is InChI=1S/C16H18BrClN2/c1-4-8-12-13(17)14(18)20-15(19-12)16(2,3)11-9-6-5-7-10-11/h5-7,9-10H,4,8H2,1-3H3. The molecule has 0 radical (unpaired) electrons. The molecule has 0 saturated heterocycles. The van der Waals surface area contributed by atoms with Gasteiger partial charge in [0, 0.05) is 5.41 Å². The number of aryl methyl sites for hydroxylation is 1. The maximum atomic E-state index is 6.25. The Labute approximate surface area is 133 Å². The summed E-state index contributed by atoms with van der Waals surface area (Å²) >= 11 is 9.73. The van der Waals surface area contributed by atoms with Crippen molar-refractivity contribution in [1.29, 1.82) is 0 Å². The molecular formula is C16H18BrClN2. The molecule has 106 valence electrons. The van der Waals surface area contributed by atoms with E-state index in [2.05, 4.69) is 53.8 Å². The Kier molecular flexibility index (Phi) is 4.82. The molecule has 2 rings (SSSR count). The van der Waals surface area contributed by atoms with E-state index in [0.717, 1.165) is 28.8 Å². The minimum absolute atomic E-state index is 0.270. The molecule has 2 aromatic rings. The molecule has 0 saturated carbocycles. The molecule has 0 aliphatic rings. The van der Waals surface area contributed by atoms with Gasteiger partial charge in [-0.2, -0.15) is 0 Å². The van der Waals surface area contributed by atoms with Crippen molar-refractivity contribution in [2.75, 3.05) is 0 Å². The van der Waals surface area contributed by atoms with Crippen molar-refractivity contribution in [3.8, 4) is 0 Å². The Balaban J connectivity index is 2.52. The number of hydrogen-bond acceptors (Lipinski definition) is 2. The number of hydrogen-bond donors (Lipinski definition) is 0. The first-order valence-electron chi connectivity index (χ1n) is 6.74. The lowest BCUT2D eigenvalue weighted by Crippen LogP contribution is -2.23. The van der Waals surface area contributed by atoms with E-state index < -0.39 is 0 Å². The van der Waals surface area contributed by atoms with Crippen LogP contribution in [-0.4, -0.2) is 9.97 Å². The highest BCUT2D eigenvalue weighted by molar-refractivity contribution is 9.10. The Hall–Kier alpha value is -0.930. The summed E-state index contributed by atoms with van der Waals surface area (Å²) in [4.78, 5) is 9.20. The van der Waals surface area contributed by atoms with Crippen LogP contribution in [0.5, 0.6) is 0 Å². The van der Waals surface area contributed by atoms with E-state index in [9.17, 15) is 0 Å². The SMILES string of the molecule is CCCc1nc(C(C)(C)c2ccccc2)nc(Cl)c1Br. The fourth-order valence-corrected chi connectivity index (χ4v) is 2.69. The molecule has 0 amide bonds. The fraction of sp³-hybridized carbons (Fsp3) is 0.375. The van der Waals surface area contributed by atoms with Gasteiger partial charge in [0.2, 0.25) is 0 Å². The predicted octanol–water partition coefficient (Wildman–Crippen LogP) is 5.17. The number of aromatic nitrogens is 2. The Morgan fingerprint density at radius 1 is 1.15 bits per heavy atom. The second-order valence-corrected chi connectivity index (χ2v) is 6.49. The Morgan fingerprint density at radius 2 is 1.80 bits per heavy atom. The monoisotopic (exact) mass is 352 g/mol. The molecule has 20 heavy (non-hydrogen) atoms. The van der Waals surface area contributed by atoms with Crippen molar-refractivity contribution >= 4 is 27.5 Å². The molecular weight excluding hydrogens is 336 g/mol. The van der Waals surface area contributed by atoms with Crippen molar-refractivity contribution in [2.24, 2.45) is 0 Å². The highest BCUT2D eigenvalue weighted by Crippen LogP contribution is 2.32. The maximum absolute atomic E-state index is 6.25. The molecule has 0 aliphatic carbocycles. The van der Waals surface area contributed by atoms with Crippen LogP contribution in [0.15, 0.2) is 34.8 Å². The van der Waals surface area contributed by atoms with Crippen molar-refractivity contribution in [2.45, 2.75) is 39.0 Å². The molecule has 1 aromatic carbocycles. The molecule has 0 N–H and O–H groups in total. The Bertz CT molecular complexity index is 597. The maximum Gasteiger partial charge on any atom is 0.147 e. The van der Waals surface area contributed by atoms with Crippen molar-refractivity contribution in [3.63, 3.8) is 0 Å². The van der Waals surface area contributed by atoms with Crippen LogP contribution in [0.4, 0.5) is 0 Å². The van der Waals surface area contributed by atoms with Crippen LogP contribution in [-0.2, 0) is 11.8 Å². The van der Waals surface area contributed by atoms with Gasteiger partial charge in [-0.05, 0) is 41.8 Å². The molecule has 2 nitrogen and oxygen atoms in total. The average Bonchev–Trinajstić information content (AvgIpc) is 2.44. The quantitative estimate of drug-likeness (QED) is 0.709. The number of halogens is 2. The zero-order valence-electron chi connectivity index (χ0n) is 12.0. The molecule has 0 unspecified atom stereocenters. The van der Waals surface area contributed by atoms with Crippen LogP contribution in [0.3, 0.4) is 0 Å². The normalized spacial score (nSPS) is 11.7. The highest BCUT2D eigenvalue weighted by atomic mass is 79.9. The summed E-state index contributed by atoms with van der Waals surface area (Å²) in [5.74, 6) is 0.764. The van der Waals surface area contributed by atoms with Gasteiger partial charge in [-0.15, -0.1) is 0 Å². The van der Waals surface area contributed by atoms with Crippen LogP contribution in [0, 0.1) is 0 Å². The van der Waals surface area contributed by atoms with Crippen molar-refractivity contribution in [3.05, 3.63) is 57.0 Å². The largest absolute Gasteiger partial charge is 0.236 e. The van der Waals surface area contributed by atoms with Crippen LogP contribution >= 0.6 is 27.5 Å². The van der Waals surface area contributed by atoms with Crippen LogP contribution in [0.2, 0.25) is 5.15 Å². The highest BCUT2D eigenvalue weighted by Gasteiger charge is 2.28. The molecule has 4 heteroatoms. The first-order valence-corrected chi connectivity index (χ1v) is 7.91. The molecule has 1 aromatic heterocycles. The van der Waals surface area contributed by atoms with E-state index in [-0.39, 0.29) is 5.41 Å². The van der Waals surface area contributed by atoms with E-state index in [1.165, 1.54) is 5.56 Å². The molecule has 0 fully saturated rings. The molecule has 0 aliphatic heterocycles. The number of benzene rings is 1. The van der Waals surface area contributed by atoms with Gasteiger partial charge in [0.05, 0.1) is 10.2 Å². The lowest BCUT2D eigenvalue weighted by Gasteiger charge is -2.24. The molecule has 0 bridgehead atoms. The van der Waals surface area contributed by atoms with Crippen LogP contribution in [0.25, 0.3) is 0 Å². The summed E-state index contributed by atoms with van der Waals surface area (Å²) in [5, 5.41) is 0.488. The van der Waals surface area contributed by atoms with E-state index >= 15 is 0 Å². The Morgan fingerprint density at radius 3 is 2.40 bits per heavy atom. The summed E-state index contributed by atoms with van der Waals surface area (Å²) in [6.45, 7) is 6.37. The lowest BCUT2D eigenvalue weighted by molar-refractivity contribution is 0.583.